The van der Waals surface area contributed by atoms with Crippen LogP contribution in [0.2, 0.25) is 0 Å². The first-order chi connectivity index (χ1) is 13.1. The topological polar surface area (TPSA) is 72.9 Å². The van der Waals surface area contributed by atoms with Crippen LogP contribution < -0.4 is 4.74 Å². The van der Waals surface area contributed by atoms with Gasteiger partial charge in [0.15, 0.2) is 12.4 Å². The molecule has 0 aromatic heterocycles. The van der Waals surface area contributed by atoms with Crippen molar-refractivity contribution >= 4 is 17.7 Å². The van der Waals surface area contributed by atoms with Crippen molar-refractivity contribution in [2.24, 2.45) is 5.92 Å². The zero-order valence-electron chi connectivity index (χ0n) is 15.1. The molecule has 1 fully saturated rings. The number of methoxy groups -OCH3 is 1. The fraction of sp³-hybridized carbons (Fsp3) is 0.286. The van der Waals surface area contributed by atoms with Crippen LogP contribution in [0.5, 0.6) is 5.75 Å². The smallest absolute Gasteiger partial charge is 0.311 e. The standard InChI is InChI=1S/C21H21NO5/c1-26-18-9-7-16(8-10-18)19(23)14-27-21(25)17-11-20(24)22(13-17)12-15-5-3-2-4-6-15/h2-10,17H,11-14H2,1H3/t17-/m1/s1. The van der Waals surface area contributed by atoms with Crippen LogP contribution in [-0.2, 0) is 20.9 Å². The molecule has 2 aromatic rings. The van der Waals surface area contributed by atoms with Crippen LogP contribution in [0, 0.1) is 5.92 Å². The molecule has 0 unspecified atom stereocenters. The lowest BCUT2D eigenvalue weighted by molar-refractivity contribution is -0.147. The Hall–Kier alpha value is -3.15. The van der Waals surface area contributed by atoms with E-state index in [-0.39, 0.29) is 24.7 Å². The minimum Gasteiger partial charge on any atom is -0.497 e. The van der Waals surface area contributed by atoms with Crippen LogP contribution in [0.25, 0.3) is 0 Å². The van der Waals surface area contributed by atoms with E-state index in [0.717, 1.165) is 5.56 Å². The second kappa shape index (κ2) is 8.49. The summed E-state index contributed by atoms with van der Waals surface area (Å²) in [7, 11) is 1.54. The van der Waals surface area contributed by atoms with Crippen molar-refractivity contribution in [1.82, 2.24) is 4.90 Å². The number of carbonyl (C=O) groups excluding carboxylic acids is 3. The molecule has 2 aromatic carbocycles. The number of nitrogens with zero attached hydrogens (tertiary/aromatic N) is 1. The third-order valence-electron chi connectivity index (χ3n) is 4.52. The van der Waals surface area contributed by atoms with Crippen molar-refractivity contribution in [2.75, 3.05) is 20.3 Å². The first-order valence-electron chi connectivity index (χ1n) is 8.72. The summed E-state index contributed by atoms with van der Waals surface area (Å²) in [6.07, 6.45) is 0.113. The van der Waals surface area contributed by atoms with Crippen LogP contribution in [0.3, 0.4) is 0 Å². The fourth-order valence-electron chi connectivity index (χ4n) is 3.00. The van der Waals surface area contributed by atoms with E-state index in [1.54, 1.807) is 36.3 Å². The minimum atomic E-state index is -0.537. The van der Waals surface area contributed by atoms with Gasteiger partial charge in [0.25, 0.3) is 0 Å². The Morgan fingerprint density at radius 1 is 1.07 bits per heavy atom. The molecule has 0 bridgehead atoms. The van der Waals surface area contributed by atoms with E-state index in [1.807, 2.05) is 30.3 Å². The zero-order chi connectivity index (χ0) is 19.2. The molecule has 1 aliphatic rings. The highest BCUT2D eigenvalue weighted by atomic mass is 16.5. The number of amides is 1. The molecule has 1 atom stereocenters. The number of hydrogen-bond acceptors (Lipinski definition) is 5. The molecule has 1 amide bonds. The predicted molar refractivity (Wildman–Crippen MR) is 98.2 cm³/mol. The Balaban J connectivity index is 1.50. The number of carbonyl (C=O) groups is 3. The van der Waals surface area contributed by atoms with Crippen molar-refractivity contribution in [1.29, 1.82) is 0 Å². The van der Waals surface area contributed by atoms with E-state index in [0.29, 0.717) is 24.4 Å². The van der Waals surface area contributed by atoms with Crippen LogP contribution in [0.4, 0.5) is 0 Å². The number of ketones is 1. The maximum Gasteiger partial charge on any atom is 0.311 e. The van der Waals surface area contributed by atoms with Crippen molar-refractivity contribution in [3.8, 4) is 5.75 Å². The summed E-state index contributed by atoms with van der Waals surface area (Å²) in [6.45, 7) is 0.437. The van der Waals surface area contributed by atoms with Crippen LogP contribution >= 0.6 is 0 Å². The van der Waals surface area contributed by atoms with E-state index < -0.39 is 11.9 Å². The molecular weight excluding hydrogens is 346 g/mol. The number of benzene rings is 2. The lowest BCUT2D eigenvalue weighted by Gasteiger charge is -2.16. The van der Waals surface area contributed by atoms with Gasteiger partial charge >= 0.3 is 5.97 Å². The Kier molecular flexibility index (Phi) is 5.86. The zero-order valence-corrected chi connectivity index (χ0v) is 15.1. The Labute approximate surface area is 157 Å². The van der Waals surface area contributed by atoms with Crippen LogP contribution in [-0.4, -0.2) is 42.8 Å². The third kappa shape index (κ3) is 4.73. The molecule has 1 saturated heterocycles. The number of esters is 1. The van der Waals surface area contributed by atoms with Gasteiger partial charge < -0.3 is 14.4 Å². The lowest BCUT2D eigenvalue weighted by Crippen LogP contribution is -2.27. The van der Waals surface area contributed by atoms with Gasteiger partial charge in [-0.25, -0.2) is 0 Å². The molecule has 3 rings (SSSR count). The molecule has 0 saturated carbocycles. The van der Waals surface area contributed by atoms with E-state index in [2.05, 4.69) is 0 Å². The molecule has 1 aliphatic heterocycles. The molecule has 6 nitrogen and oxygen atoms in total. The summed E-state index contributed by atoms with van der Waals surface area (Å²) >= 11 is 0. The molecule has 140 valence electrons. The molecule has 0 aliphatic carbocycles. The lowest BCUT2D eigenvalue weighted by atomic mass is 10.1. The highest BCUT2D eigenvalue weighted by molar-refractivity contribution is 5.98. The van der Waals surface area contributed by atoms with Gasteiger partial charge in [0.1, 0.15) is 5.75 Å². The normalized spacial score (nSPS) is 16.3. The average molecular weight is 367 g/mol. The molecule has 6 heteroatoms. The molecule has 0 radical (unpaired) electrons. The molecule has 0 N–H and O–H groups in total. The highest BCUT2D eigenvalue weighted by Crippen LogP contribution is 2.21. The van der Waals surface area contributed by atoms with Crippen molar-refractivity contribution < 1.29 is 23.9 Å². The van der Waals surface area contributed by atoms with Gasteiger partial charge in [0, 0.05) is 25.1 Å². The van der Waals surface area contributed by atoms with Crippen molar-refractivity contribution in [2.45, 2.75) is 13.0 Å². The minimum absolute atomic E-state index is 0.0812. The summed E-state index contributed by atoms with van der Waals surface area (Å²) in [5.74, 6) is -0.782. The van der Waals surface area contributed by atoms with Gasteiger partial charge in [-0.3, -0.25) is 14.4 Å². The Bertz CT molecular complexity index is 816. The number of Topliss-reactive ketones (excluding diaryl/α,β-unsaturated/α-hetero) is 1. The van der Waals surface area contributed by atoms with E-state index in [1.165, 1.54) is 0 Å². The largest absolute Gasteiger partial charge is 0.497 e. The third-order valence-corrected chi connectivity index (χ3v) is 4.52. The fourth-order valence-corrected chi connectivity index (χ4v) is 3.00. The second-order valence-electron chi connectivity index (χ2n) is 6.42. The van der Waals surface area contributed by atoms with Gasteiger partial charge in [0.05, 0.1) is 13.0 Å². The Morgan fingerprint density at radius 2 is 1.78 bits per heavy atom. The Morgan fingerprint density at radius 3 is 2.44 bits per heavy atom. The van der Waals surface area contributed by atoms with Crippen LogP contribution in [0.15, 0.2) is 54.6 Å². The molecule has 0 spiro atoms. The SMILES string of the molecule is COc1ccc(C(=O)COC(=O)[C@@H]2CC(=O)N(Cc3ccccc3)C2)cc1. The molecular formula is C21H21NO5. The molecule has 1 heterocycles. The highest BCUT2D eigenvalue weighted by Gasteiger charge is 2.35. The number of likely N-dealkylation sites (tertiary alicyclic amines) is 1. The second-order valence-corrected chi connectivity index (χ2v) is 6.42. The summed E-state index contributed by atoms with van der Waals surface area (Å²) in [5.41, 5.74) is 1.45. The van der Waals surface area contributed by atoms with Gasteiger partial charge in [-0.05, 0) is 29.8 Å². The summed E-state index contributed by atoms with van der Waals surface area (Å²) in [6, 6.07) is 16.2. The number of ether oxygens (including phenoxy) is 2. The molecule has 27 heavy (non-hydrogen) atoms. The van der Waals surface area contributed by atoms with Gasteiger partial charge in [-0.15, -0.1) is 0 Å². The van der Waals surface area contributed by atoms with Crippen molar-refractivity contribution in [3.63, 3.8) is 0 Å². The first kappa shape index (κ1) is 18.6. The summed E-state index contributed by atoms with van der Waals surface area (Å²) in [5, 5.41) is 0. The van der Waals surface area contributed by atoms with Crippen LogP contribution in [0.1, 0.15) is 22.3 Å². The van der Waals surface area contributed by atoms with Crippen molar-refractivity contribution in [3.05, 3.63) is 65.7 Å². The monoisotopic (exact) mass is 367 g/mol. The maximum atomic E-state index is 12.3. The van der Waals surface area contributed by atoms with E-state index in [9.17, 15) is 14.4 Å². The first-order valence-corrected chi connectivity index (χ1v) is 8.72. The predicted octanol–water partition coefficient (Wildman–Crippen LogP) is 2.47. The summed E-state index contributed by atoms with van der Waals surface area (Å²) < 4.78 is 10.2. The van der Waals surface area contributed by atoms with E-state index in [4.69, 9.17) is 9.47 Å². The number of rotatable bonds is 7. The summed E-state index contributed by atoms with van der Waals surface area (Å²) in [4.78, 5) is 38.2. The average Bonchev–Trinajstić information content (AvgIpc) is 3.07. The number of hydrogen-bond donors (Lipinski definition) is 0. The van der Waals surface area contributed by atoms with Gasteiger partial charge in [-0.2, -0.15) is 0 Å². The van der Waals surface area contributed by atoms with Gasteiger partial charge in [0.2, 0.25) is 5.91 Å². The quantitative estimate of drug-likeness (QED) is 0.555. The maximum absolute atomic E-state index is 12.3. The van der Waals surface area contributed by atoms with E-state index >= 15 is 0 Å². The van der Waals surface area contributed by atoms with Gasteiger partial charge in [-0.1, -0.05) is 30.3 Å².